The molecule has 0 N–H and O–H groups in total. The Bertz CT molecular complexity index is 390. The molecular formula is C14H14Cl+. The van der Waals surface area contributed by atoms with Gasteiger partial charge in [0.2, 0.25) is 0 Å². The molecule has 0 radical (unpaired) electrons. The average Bonchev–Trinajstić information content (AvgIpc) is 2.80. The van der Waals surface area contributed by atoms with Gasteiger partial charge < -0.3 is 0 Å². The lowest BCUT2D eigenvalue weighted by Gasteiger charge is -2.18. The minimum absolute atomic E-state index is 0.765. The van der Waals surface area contributed by atoms with Gasteiger partial charge in [0, 0.05) is 41.7 Å². The van der Waals surface area contributed by atoms with E-state index < -0.39 is 0 Å². The lowest BCUT2D eigenvalue weighted by atomic mass is 9.80. The van der Waals surface area contributed by atoms with Crippen LogP contribution >= 0.6 is 11.6 Å². The van der Waals surface area contributed by atoms with Gasteiger partial charge in [0.05, 0.1) is 16.5 Å². The maximum Gasteiger partial charge on any atom is 0.0989 e. The second-order valence-electron chi connectivity index (χ2n) is 4.65. The van der Waals surface area contributed by atoms with Crippen molar-refractivity contribution >= 4 is 11.6 Å². The maximum absolute atomic E-state index is 5.90. The summed E-state index contributed by atoms with van der Waals surface area (Å²) in [4.78, 5) is 0. The van der Waals surface area contributed by atoms with E-state index in [0.717, 1.165) is 16.9 Å². The van der Waals surface area contributed by atoms with Gasteiger partial charge in [-0.1, -0.05) is 11.6 Å². The summed E-state index contributed by atoms with van der Waals surface area (Å²) < 4.78 is 0. The van der Waals surface area contributed by atoms with E-state index in [0.29, 0.717) is 0 Å². The molecule has 0 amide bonds. The first-order valence-electron chi connectivity index (χ1n) is 5.57. The Morgan fingerprint density at radius 2 is 1.93 bits per heavy atom. The van der Waals surface area contributed by atoms with Crippen molar-refractivity contribution in [1.82, 2.24) is 0 Å². The second-order valence-corrected chi connectivity index (χ2v) is 5.09. The van der Waals surface area contributed by atoms with Crippen molar-refractivity contribution in [3.05, 3.63) is 52.9 Å². The van der Waals surface area contributed by atoms with Crippen molar-refractivity contribution in [2.24, 2.45) is 11.8 Å². The van der Waals surface area contributed by atoms with Crippen molar-refractivity contribution in [2.75, 3.05) is 0 Å². The molecule has 1 heteroatoms. The van der Waals surface area contributed by atoms with E-state index in [9.17, 15) is 0 Å². The quantitative estimate of drug-likeness (QED) is 0.617. The van der Waals surface area contributed by atoms with E-state index in [2.05, 4.69) is 18.7 Å². The molecule has 0 saturated heterocycles. The Morgan fingerprint density at radius 3 is 2.53 bits per heavy atom. The molecule has 15 heavy (non-hydrogen) atoms. The van der Waals surface area contributed by atoms with Crippen molar-refractivity contribution in [3.8, 4) is 0 Å². The van der Waals surface area contributed by atoms with Gasteiger partial charge in [0.15, 0.2) is 0 Å². The third kappa shape index (κ3) is 1.39. The first-order chi connectivity index (χ1) is 7.25. The van der Waals surface area contributed by atoms with Crippen molar-refractivity contribution in [3.63, 3.8) is 0 Å². The smallest absolute Gasteiger partial charge is 0.0824 e. The fraction of sp³-hybridized carbons (Fsp3) is 0.357. The Labute approximate surface area is 96.0 Å². The zero-order valence-corrected chi connectivity index (χ0v) is 9.43. The van der Waals surface area contributed by atoms with Crippen LogP contribution in [0.15, 0.2) is 36.4 Å². The molecule has 76 valence electrons. The van der Waals surface area contributed by atoms with Gasteiger partial charge in [-0.05, 0) is 25.8 Å². The van der Waals surface area contributed by atoms with Crippen LogP contribution in [0.2, 0.25) is 5.02 Å². The first kappa shape index (κ1) is 9.35. The van der Waals surface area contributed by atoms with Crippen LogP contribution in [0.4, 0.5) is 0 Å². The number of allylic oxidation sites excluding steroid dienone is 1. The zero-order chi connectivity index (χ0) is 10.4. The van der Waals surface area contributed by atoms with Gasteiger partial charge in [-0.2, -0.15) is 0 Å². The molecular weight excluding hydrogens is 204 g/mol. The van der Waals surface area contributed by atoms with Gasteiger partial charge in [-0.3, -0.25) is 0 Å². The van der Waals surface area contributed by atoms with E-state index >= 15 is 0 Å². The van der Waals surface area contributed by atoms with Gasteiger partial charge >= 0.3 is 0 Å². The first-order valence-corrected chi connectivity index (χ1v) is 5.95. The molecule has 2 aliphatic carbocycles. The Hall–Kier alpha value is -0.880. The summed E-state index contributed by atoms with van der Waals surface area (Å²) in [6.07, 6.45) is 4.03. The predicted octanol–water partition coefficient (Wildman–Crippen LogP) is 4.25. The van der Waals surface area contributed by atoms with E-state index in [1.807, 2.05) is 12.1 Å². The molecule has 2 bridgehead atoms. The molecule has 0 nitrogen and oxygen atoms in total. The Balaban J connectivity index is 1.94. The molecule has 0 heterocycles. The highest BCUT2D eigenvalue weighted by atomic mass is 35.5. The molecule has 2 aliphatic rings. The van der Waals surface area contributed by atoms with E-state index in [1.54, 1.807) is 0 Å². The highest BCUT2D eigenvalue weighted by Crippen LogP contribution is 2.54. The third-order valence-electron chi connectivity index (χ3n) is 3.83. The summed E-state index contributed by atoms with van der Waals surface area (Å²) in [5, 5.41) is 0.813. The van der Waals surface area contributed by atoms with Crippen molar-refractivity contribution < 1.29 is 0 Å². The summed E-state index contributed by atoms with van der Waals surface area (Å²) in [5.41, 5.74) is 2.71. The molecule has 0 aliphatic heterocycles. The van der Waals surface area contributed by atoms with Crippen LogP contribution < -0.4 is 0 Å². The predicted molar refractivity (Wildman–Crippen MR) is 63.8 cm³/mol. The monoisotopic (exact) mass is 217 g/mol. The largest absolute Gasteiger partial charge is 0.0989 e. The molecule has 2 saturated carbocycles. The lowest BCUT2D eigenvalue weighted by Crippen LogP contribution is -2.11. The fourth-order valence-corrected chi connectivity index (χ4v) is 3.22. The molecule has 0 aromatic heterocycles. The molecule has 2 fully saturated rings. The topological polar surface area (TPSA) is 0 Å². The SMILES string of the molecule is C=C1[C+](c2ccc(Cl)cc2)C2CCC1C2. The van der Waals surface area contributed by atoms with Crippen molar-refractivity contribution in [2.45, 2.75) is 19.3 Å². The van der Waals surface area contributed by atoms with Crippen LogP contribution in [0.3, 0.4) is 0 Å². The highest BCUT2D eigenvalue weighted by Gasteiger charge is 2.47. The summed E-state index contributed by atoms with van der Waals surface area (Å²) in [5.74, 6) is 3.03. The number of hydrogen-bond donors (Lipinski definition) is 0. The summed E-state index contributed by atoms with van der Waals surface area (Å²) in [6, 6.07) is 8.21. The van der Waals surface area contributed by atoms with Gasteiger partial charge in [0.1, 0.15) is 0 Å². The molecule has 0 spiro atoms. The van der Waals surface area contributed by atoms with Crippen LogP contribution in [0.1, 0.15) is 24.8 Å². The number of halogens is 1. The van der Waals surface area contributed by atoms with E-state index in [-0.39, 0.29) is 0 Å². The van der Waals surface area contributed by atoms with Crippen LogP contribution in [-0.2, 0) is 0 Å². The number of rotatable bonds is 1. The number of benzene rings is 1. The van der Waals surface area contributed by atoms with E-state index in [1.165, 1.54) is 36.3 Å². The number of hydrogen-bond acceptors (Lipinski definition) is 0. The summed E-state index contributed by atoms with van der Waals surface area (Å²) >= 11 is 5.90. The standard InChI is InChI=1S/C14H14Cl/c1-9-11-2-3-12(8-11)14(9)10-4-6-13(15)7-5-10/h4-7,11-12H,1-3,8H2/q+1. The molecule has 1 aromatic carbocycles. The average molecular weight is 218 g/mol. The van der Waals surface area contributed by atoms with Crippen LogP contribution in [0, 0.1) is 17.8 Å². The van der Waals surface area contributed by atoms with Crippen LogP contribution in [-0.4, -0.2) is 0 Å². The van der Waals surface area contributed by atoms with Crippen LogP contribution in [0.25, 0.3) is 0 Å². The fourth-order valence-electron chi connectivity index (χ4n) is 3.09. The zero-order valence-electron chi connectivity index (χ0n) is 8.67. The van der Waals surface area contributed by atoms with Gasteiger partial charge in [0.25, 0.3) is 0 Å². The molecule has 1 aromatic rings. The second kappa shape index (κ2) is 3.31. The van der Waals surface area contributed by atoms with E-state index in [4.69, 9.17) is 11.6 Å². The molecule has 2 atom stereocenters. The van der Waals surface area contributed by atoms with Crippen LogP contribution in [0.5, 0.6) is 0 Å². The highest BCUT2D eigenvalue weighted by molar-refractivity contribution is 6.30. The van der Waals surface area contributed by atoms with Gasteiger partial charge in [-0.15, -0.1) is 0 Å². The minimum Gasteiger partial charge on any atom is -0.0824 e. The maximum atomic E-state index is 5.90. The normalized spacial score (nSPS) is 28.9. The lowest BCUT2D eigenvalue weighted by molar-refractivity contribution is 0.609. The molecule has 3 rings (SSSR count). The Morgan fingerprint density at radius 1 is 1.20 bits per heavy atom. The Kier molecular flexibility index (Phi) is 2.07. The van der Waals surface area contributed by atoms with Gasteiger partial charge in [-0.25, -0.2) is 0 Å². The summed E-state index contributed by atoms with van der Waals surface area (Å²) in [6.45, 7) is 4.25. The minimum atomic E-state index is 0.765. The van der Waals surface area contributed by atoms with Crippen molar-refractivity contribution in [1.29, 1.82) is 0 Å². The molecule has 2 unspecified atom stereocenters. The number of fused-ring (bicyclic) bond motifs is 2. The summed E-state index contributed by atoms with van der Waals surface area (Å²) in [7, 11) is 0. The third-order valence-corrected chi connectivity index (χ3v) is 4.09.